The lowest BCUT2D eigenvalue weighted by molar-refractivity contribution is -0.330. The van der Waals surface area contributed by atoms with Gasteiger partial charge in [-0.25, -0.2) is 4.79 Å². The Morgan fingerprint density at radius 2 is 1.20 bits per heavy atom. The third kappa shape index (κ3) is 14.6. The number of hydrogen-bond donors (Lipinski definition) is 0. The summed E-state index contributed by atoms with van der Waals surface area (Å²) in [6.45, 7) is 15.6. The normalized spacial score (nSPS) is 17.7. The fraction of sp³-hybridized carbons (Fsp3) is 0.741. The maximum absolute atomic E-state index is 12.1. The third-order valence-electron chi connectivity index (χ3n) is 5.31. The average molecular weight is 499 g/mol. The first kappa shape index (κ1) is 31.5. The maximum atomic E-state index is 12.1. The number of unbranched alkanes of at least 4 members (excludes halogenated alkanes) is 1. The molecule has 0 amide bonds. The average Bonchev–Trinajstić information content (AvgIpc) is 2.79. The van der Waals surface area contributed by atoms with Crippen LogP contribution >= 0.6 is 0 Å². The van der Waals surface area contributed by atoms with E-state index >= 15 is 0 Å². The van der Waals surface area contributed by atoms with Gasteiger partial charge in [-0.05, 0) is 66.0 Å². The predicted octanol–water partition coefficient (Wildman–Crippen LogP) is 6.24. The van der Waals surface area contributed by atoms with E-state index in [2.05, 4.69) is 13.8 Å². The Labute approximate surface area is 211 Å². The zero-order valence-corrected chi connectivity index (χ0v) is 22.7. The Hall–Kier alpha value is -1.55. The zero-order chi connectivity index (χ0) is 26.2. The Morgan fingerprint density at radius 3 is 1.69 bits per heavy atom. The van der Waals surface area contributed by atoms with Crippen LogP contribution in [0.4, 0.5) is 0 Å². The van der Waals surface area contributed by atoms with Crippen LogP contribution in [0, 0.1) is 5.92 Å². The lowest BCUT2D eigenvalue weighted by atomic mass is 10.0. The summed E-state index contributed by atoms with van der Waals surface area (Å²) in [5.41, 5.74) is 0.455. The van der Waals surface area contributed by atoms with E-state index in [1.807, 2.05) is 13.0 Å². The highest BCUT2D eigenvalue weighted by atomic mass is 16.8. The van der Waals surface area contributed by atoms with Crippen molar-refractivity contribution in [3.8, 4) is 0 Å². The number of hydrogen-bond acceptors (Lipinski definition) is 8. The SMILES string of the molecule is CCCCC(CC)COC(C)OC(C)OC(C)OC(C)OC(C)OC(C)OC(=O)c1ccccc1. The van der Waals surface area contributed by atoms with Crippen LogP contribution in [0.3, 0.4) is 0 Å². The topological polar surface area (TPSA) is 81.7 Å². The van der Waals surface area contributed by atoms with Crippen LogP contribution in [-0.2, 0) is 33.2 Å². The van der Waals surface area contributed by atoms with Crippen molar-refractivity contribution in [1.82, 2.24) is 0 Å². The largest absolute Gasteiger partial charge is 0.432 e. The van der Waals surface area contributed by atoms with Crippen LogP contribution in [0.15, 0.2) is 30.3 Å². The molecule has 1 aromatic carbocycles. The van der Waals surface area contributed by atoms with Gasteiger partial charge in [0.1, 0.15) is 0 Å². The fourth-order valence-corrected chi connectivity index (χ4v) is 3.51. The van der Waals surface area contributed by atoms with E-state index in [1.54, 1.807) is 58.9 Å². The first-order valence-electron chi connectivity index (χ1n) is 12.8. The highest BCUT2D eigenvalue weighted by Crippen LogP contribution is 2.16. The van der Waals surface area contributed by atoms with E-state index in [0.29, 0.717) is 18.1 Å². The maximum Gasteiger partial charge on any atom is 0.340 e. The van der Waals surface area contributed by atoms with Gasteiger partial charge in [-0.2, -0.15) is 0 Å². The molecule has 8 nitrogen and oxygen atoms in total. The molecule has 0 aromatic heterocycles. The van der Waals surface area contributed by atoms with Gasteiger partial charge in [0, 0.05) is 0 Å². The second-order valence-corrected chi connectivity index (χ2v) is 8.61. The van der Waals surface area contributed by atoms with Gasteiger partial charge in [0.2, 0.25) is 6.29 Å². The number of carbonyl (C=O) groups is 1. The second kappa shape index (κ2) is 17.8. The molecule has 0 bridgehead atoms. The summed E-state index contributed by atoms with van der Waals surface area (Å²) in [6, 6.07) is 8.73. The van der Waals surface area contributed by atoms with Crippen LogP contribution < -0.4 is 0 Å². The lowest BCUT2D eigenvalue weighted by Gasteiger charge is -2.27. The predicted molar refractivity (Wildman–Crippen MR) is 133 cm³/mol. The molecule has 1 aromatic rings. The minimum atomic E-state index is -0.789. The zero-order valence-electron chi connectivity index (χ0n) is 22.7. The Bertz CT molecular complexity index is 670. The van der Waals surface area contributed by atoms with E-state index in [9.17, 15) is 4.79 Å². The van der Waals surface area contributed by atoms with Crippen LogP contribution in [-0.4, -0.2) is 50.3 Å². The summed E-state index contributed by atoms with van der Waals surface area (Å²) in [6.07, 6.45) is 1.11. The monoisotopic (exact) mass is 498 g/mol. The molecule has 0 N–H and O–H groups in total. The van der Waals surface area contributed by atoms with Gasteiger partial charge in [0.25, 0.3) is 0 Å². The molecule has 0 fully saturated rings. The molecule has 7 atom stereocenters. The highest BCUT2D eigenvalue weighted by molar-refractivity contribution is 5.89. The second-order valence-electron chi connectivity index (χ2n) is 8.61. The molecule has 8 heteroatoms. The summed E-state index contributed by atoms with van der Waals surface area (Å²) in [4.78, 5) is 12.1. The van der Waals surface area contributed by atoms with Gasteiger partial charge in [-0.15, -0.1) is 0 Å². The van der Waals surface area contributed by atoms with Crippen molar-refractivity contribution in [1.29, 1.82) is 0 Å². The van der Waals surface area contributed by atoms with E-state index in [4.69, 9.17) is 33.2 Å². The molecule has 1 rings (SSSR count). The molecular formula is C27H46O8. The molecule has 7 unspecified atom stereocenters. The minimum Gasteiger partial charge on any atom is -0.432 e. The van der Waals surface area contributed by atoms with Crippen LogP contribution in [0.2, 0.25) is 0 Å². The standard InChI is InChI=1S/C27H46O8/c1-9-11-15-25(10-2)18-29-19(3)30-20(4)31-21(5)32-22(6)33-23(7)34-24(8)35-27(28)26-16-13-12-14-17-26/h12-14,16-17,19-25H,9-11,15,18H2,1-8H3. The van der Waals surface area contributed by atoms with Gasteiger partial charge in [-0.3, -0.25) is 0 Å². The Kier molecular flexibility index (Phi) is 16.0. The van der Waals surface area contributed by atoms with Gasteiger partial charge >= 0.3 is 5.97 Å². The van der Waals surface area contributed by atoms with Crippen LogP contribution in [0.5, 0.6) is 0 Å². The minimum absolute atomic E-state index is 0.380. The van der Waals surface area contributed by atoms with Gasteiger partial charge in [0.05, 0.1) is 12.2 Å². The number of benzene rings is 1. The molecule has 0 aliphatic carbocycles. The molecule has 0 spiro atoms. The van der Waals surface area contributed by atoms with Crippen molar-refractivity contribution in [3.05, 3.63) is 35.9 Å². The van der Waals surface area contributed by atoms with E-state index < -0.39 is 37.4 Å². The molecule has 0 aliphatic heterocycles. The van der Waals surface area contributed by atoms with Crippen LogP contribution in [0.1, 0.15) is 91.4 Å². The first-order chi connectivity index (χ1) is 16.6. The van der Waals surface area contributed by atoms with Crippen molar-refractivity contribution in [3.63, 3.8) is 0 Å². The smallest absolute Gasteiger partial charge is 0.340 e. The first-order valence-corrected chi connectivity index (χ1v) is 12.8. The summed E-state index contributed by atoms with van der Waals surface area (Å²) in [5, 5.41) is 0. The highest BCUT2D eigenvalue weighted by Gasteiger charge is 2.20. The number of rotatable bonds is 19. The molecule has 35 heavy (non-hydrogen) atoms. The van der Waals surface area contributed by atoms with Crippen molar-refractivity contribution in [2.45, 2.75) is 119 Å². The molecule has 0 saturated carbocycles. The lowest BCUT2D eigenvalue weighted by Crippen LogP contribution is -2.32. The summed E-state index contributed by atoms with van der Waals surface area (Å²) >= 11 is 0. The van der Waals surface area contributed by atoms with Crippen molar-refractivity contribution < 1.29 is 38.0 Å². The van der Waals surface area contributed by atoms with E-state index in [-0.39, 0.29) is 6.29 Å². The van der Waals surface area contributed by atoms with Crippen molar-refractivity contribution in [2.24, 2.45) is 5.92 Å². The van der Waals surface area contributed by atoms with E-state index in [0.717, 1.165) is 6.42 Å². The van der Waals surface area contributed by atoms with E-state index in [1.165, 1.54) is 19.3 Å². The Morgan fingerprint density at radius 1 is 0.714 bits per heavy atom. The third-order valence-corrected chi connectivity index (χ3v) is 5.31. The summed E-state index contributed by atoms with van der Waals surface area (Å²) < 4.78 is 39.6. The molecule has 0 heterocycles. The van der Waals surface area contributed by atoms with Crippen LogP contribution in [0.25, 0.3) is 0 Å². The van der Waals surface area contributed by atoms with Gasteiger partial charge in [-0.1, -0.05) is 51.3 Å². The summed E-state index contributed by atoms with van der Waals surface area (Å²) in [7, 11) is 0. The quantitative estimate of drug-likeness (QED) is 0.164. The van der Waals surface area contributed by atoms with Crippen molar-refractivity contribution in [2.75, 3.05) is 6.61 Å². The van der Waals surface area contributed by atoms with Gasteiger partial charge < -0.3 is 33.2 Å². The molecule has 0 aliphatic rings. The molecule has 202 valence electrons. The molecule has 0 saturated heterocycles. The van der Waals surface area contributed by atoms with Gasteiger partial charge in [0.15, 0.2) is 31.5 Å². The molecular weight excluding hydrogens is 452 g/mol. The number of esters is 1. The van der Waals surface area contributed by atoms with Crippen molar-refractivity contribution >= 4 is 5.97 Å². The number of carbonyl (C=O) groups excluding carboxylic acids is 1. The Balaban J connectivity index is 2.28. The fourth-order valence-electron chi connectivity index (χ4n) is 3.51. The number of ether oxygens (including phenoxy) is 7. The molecule has 0 radical (unpaired) electrons. The summed E-state index contributed by atoms with van der Waals surface area (Å²) in [5.74, 6) is 0.0845.